The van der Waals surface area contributed by atoms with Gasteiger partial charge in [0.25, 0.3) is 0 Å². The van der Waals surface area contributed by atoms with Gasteiger partial charge in [-0.25, -0.2) is 4.57 Å². The molecular weight excluding hydrogens is 757 g/mol. The Bertz CT molecular complexity index is 1390. The number of carboxylic acids is 1. The highest BCUT2D eigenvalue weighted by molar-refractivity contribution is 7.47. The lowest BCUT2D eigenvalue weighted by molar-refractivity contribution is -0.161. The Morgan fingerprint density at radius 3 is 1.47 bits per heavy atom. The van der Waals surface area contributed by atoms with Crippen LogP contribution in [0.3, 0.4) is 0 Å². The first kappa shape index (κ1) is 54.1. The van der Waals surface area contributed by atoms with Gasteiger partial charge in [-0.3, -0.25) is 23.4 Å². The summed E-state index contributed by atoms with van der Waals surface area (Å²) in [7, 11) is -4.75. The predicted octanol–water partition coefficient (Wildman–Crippen LogP) is 11.1. The molecule has 0 aliphatic heterocycles. The largest absolute Gasteiger partial charge is 0.480 e. The Hall–Kier alpha value is -3.86. The normalized spacial score (nSPS) is 14.8. The van der Waals surface area contributed by atoms with Crippen molar-refractivity contribution in [3.8, 4) is 0 Å². The molecule has 0 fully saturated rings. The van der Waals surface area contributed by atoms with Gasteiger partial charge < -0.3 is 25.2 Å². The Morgan fingerprint density at radius 2 is 0.983 bits per heavy atom. The lowest BCUT2D eigenvalue weighted by atomic mass is 10.1. The maximum atomic E-state index is 12.6. The number of unbranched alkanes of at least 4 members (excludes halogenated alkanes) is 5. The molecule has 0 heterocycles. The van der Waals surface area contributed by atoms with E-state index in [-0.39, 0.29) is 12.8 Å². The summed E-state index contributed by atoms with van der Waals surface area (Å²) in [5, 5.41) is 8.88. The van der Waals surface area contributed by atoms with Gasteiger partial charge in [0.2, 0.25) is 0 Å². The zero-order valence-electron chi connectivity index (χ0n) is 35.1. The summed E-state index contributed by atoms with van der Waals surface area (Å²) in [5.74, 6) is -2.51. The summed E-state index contributed by atoms with van der Waals surface area (Å²) in [4.78, 5) is 45.9. The van der Waals surface area contributed by atoms with E-state index >= 15 is 0 Å². The van der Waals surface area contributed by atoms with Gasteiger partial charge in [0.05, 0.1) is 13.2 Å². The number of phosphoric ester groups is 1. The average molecular weight is 830 g/mol. The first-order valence-corrected chi connectivity index (χ1v) is 22.4. The second-order valence-corrected chi connectivity index (χ2v) is 14.8. The second kappa shape index (κ2) is 39.9. The number of carbonyl (C=O) groups excluding carboxylic acids is 2. The second-order valence-electron chi connectivity index (χ2n) is 13.4. The molecule has 4 N–H and O–H groups in total. The number of allylic oxidation sites excluding steroid dienone is 18. The van der Waals surface area contributed by atoms with Crippen LogP contribution in [0.5, 0.6) is 0 Å². The number of hydrogen-bond donors (Lipinski definition) is 3. The monoisotopic (exact) mass is 829 g/mol. The van der Waals surface area contributed by atoms with Crippen molar-refractivity contribution in [2.45, 2.75) is 142 Å². The van der Waals surface area contributed by atoms with Gasteiger partial charge in [-0.15, -0.1) is 0 Å². The molecule has 58 heavy (non-hydrogen) atoms. The lowest BCUT2D eigenvalue weighted by Crippen LogP contribution is -2.34. The summed E-state index contributed by atoms with van der Waals surface area (Å²) < 4.78 is 32.6. The maximum absolute atomic E-state index is 12.6. The minimum Gasteiger partial charge on any atom is -0.480 e. The fraction of sp³-hybridized carbons (Fsp3) is 0.543. The van der Waals surface area contributed by atoms with Gasteiger partial charge in [0.15, 0.2) is 6.10 Å². The van der Waals surface area contributed by atoms with Crippen molar-refractivity contribution in [2.24, 2.45) is 5.73 Å². The van der Waals surface area contributed by atoms with Crippen LogP contribution in [0.15, 0.2) is 109 Å². The fourth-order valence-corrected chi connectivity index (χ4v) is 5.51. The predicted molar refractivity (Wildman–Crippen MR) is 235 cm³/mol. The molecule has 0 amide bonds. The lowest BCUT2D eigenvalue weighted by Gasteiger charge is -2.20. The van der Waals surface area contributed by atoms with Crippen molar-refractivity contribution in [2.75, 3.05) is 19.8 Å². The fourth-order valence-electron chi connectivity index (χ4n) is 4.74. The zero-order chi connectivity index (χ0) is 42.8. The van der Waals surface area contributed by atoms with Crippen molar-refractivity contribution < 1.29 is 47.5 Å². The molecule has 11 nitrogen and oxygen atoms in total. The third-order valence-corrected chi connectivity index (χ3v) is 8.94. The van der Waals surface area contributed by atoms with Gasteiger partial charge in [-0.2, -0.15) is 0 Å². The van der Waals surface area contributed by atoms with E-state index in [9.17, 15) is 23.8 Å². The van der Waals surface area contributed by atoms with Crippen molar-refractivity contribution in [1.82, 2.24) is 0 Å². The van der Waals surface area contributed by atoms with E-state index in [0.29, 0.717) is 19.3 Å². The van der Waals surface area contributed by atoms with Crippen LogP contribution in [0.25, 0.3) is 0 Å². The first-order chi connectivity index (χ1) is 28.1. The van der Waals surface area contributed by atoms with Gasteiger partial charge in [0, 0.05) is 12.8 Å². The Labute approximate surface area is 348 Å². The molecule has 326 valence electrons. The molecule has 3 atom stereocenters. The number of rotatable bonds is 37. The summed E-state index contributed by atoms with van der Waals surface area (Å²) in [6.45, 7) is 2.50. The van der Waals surface area contributed by atoms with Gasteiger partial charge in [0.1, 0.15) is 12.6 Å². The molecule has 0 saturated heterocycles. The number of phosphoric acid groups is 1. The van der Waals surface area contributed by atoms with Crippen LogP contribution < -0.4 is 5.73 Å². The molecule has 0 aromatic heterocycles. The van der Waals surface area contributed by atoms with Crippen LogP contribution in [0.2, 0.25) is 0 Å². The quantitative estimate of drug-likeness (QED) is 0.0235. The molecule has 0 bridgehead atoms. The van der Waals surface area contributed by atoms with Crippen molar-refractivity contribution in [1.29, 1.82) is 0 Å². The highest BCUT2D eigenvalue weighted by Gasteiger charge is 2.28. The van der Waals surface area contributed by atoms with E-state index in [2.05, 4.69) is 116 Å². The van der Waals surface area contributed by atoms with Gasteiger partial charge in [-0.05, 0) is 89.9 Å². The van der Waals surface area contributed by atoms with Crippen LogP contribution >= 0.6 is 7.82 Å². The number of ether oxygens (including phenoxy) is 2. The number of nitrogens with two attached hydrogens (primary N) is 1. The van der Waals surface area contributed by atoms with Crippen molar-refractivity contribution in [3.63, 3.8) is 0 Å². The van der Waals surface area contributed by atoms with Crippen molar-refractivity contribution in [3.05, 3.63) is 109 Å². The van der Waals surface area contributed by atoms with E-state index in [1.807, 2.05) is 12.2 Å². The number of carboxylic acid groups (broad SMARTS) is 1. The SMILES string of the molecule is CC/C=C/C/C=C/C/C=C/C/C=C/C/C=C/CCCC(=O)OC[C@H](COP(=O)(O)OC[C@H](N)C(=O)O)OC(=O)CCCCC/C=C/C/C=C/C/C=C/C/C=C/CCC. The van der Waals surface area contributed by atoms with Crippen LogP contribution in [-0.4, -0.2) is 59.9 Å². The Balaban J connectivity index is 4.57. The molecule has 0 aliphatic carbocycles. The molecule has 12 heteroatoms. The van der Waals surface area contributed by atoms with E-state index < -0.39 is 57.7 Å². The molecule has 0 saturated carbocycles. The number of aliphatic carboxylic acids is 1. The minimum atomic E-state index is -4.75. The highest BCUT2D eigenvalue weighted by Crippen LogP contribution is 2.43. The summed E-state index contributed by atoms with van der Waals surface area (Å²) in [6.07, 6.45) is 51.6. The Kier molecular flexibility index (Phi) is 37.3. The molecule has 0 spiro atoms. The molecule has 1 unspecified atom stereocenters. The van der Waals surface area contributed by atoms with Crippen LogP contribution in [0, 0.1) is 0 Å². The summed E-state index contributed by atoms with van der Waals surface area (Å²) in [6, 6.07) is -1.54. The van der Waals surface area contributed by atoms with Crippen LogP contribution in [-0.2, 0) is 37.5 Å². The van der Waals surface area contributed by atoms with Crippen LogP contribution in [0.1, 0.15) is 129 Å². The number of esters is 2. The number of carbonyl (C=O) groups is 3. The van der Waals surface area contributed by atoms with Crippen molar-refractivity contribution >= 4 is 25.7 Å². The van der Waals surface area contributed by atoms with Gasteiger partial charge >= 0.3 is 25.7 Å². The number of hydrogen-bond acceptors (Lipinski definition) is 9. The third kappa shape index (κ3) is 39.0. The zero-order valence-corrected chi connectivity index (χ0v) is 36.0. The molecule has 0 rings (SSSR count). The topological polar surface area (TPSA) is 172 Å². The third-order valence-electron chi connectivity index (χ3n) is 7.99. The average Bonchev–Trinajstić information content (AvgIpc) is 3.20. The summed E-state index contributed by atoms with van der Waals surface area (Å²) >= 11 is 0. The van der Waals surface area contributed by atoms with E-state index in [0.717, 1.165) is 77.0 Å². The van der Waals surface area contributed by atoms with E-state index in [1.165, 1.54) is 6.42 Å². The molecular formula is C46H72NO10P. The molecule has 0 aromatic carbocycles. The smallest absolute Gasteiger partial charge is 0.472 e. The molecule has 0 radical (unpaired) electrons. The summed E-state index contributed by atoms with van der Waals surface area (Å²) in [5.41, 5.74) is 5.32. The molecule has 0 aliphatic rings. The van der Waals surface area contributed by atoms with E-state index in [1.54, 1.807) is 0 Å². The molecule has 0 aromatic rings. The van der Waals surface area contributed by atoms with E-state index in [4.69, 9.17) is 24.8 Å². The Morgan fingerprint density at radius 1 is 0.552 bits per heavy atom. The first-order valence-electron chi connectivity index (χ1n) is 20.9. The maximum Gasteiger partial charge on any atom is 0.472 e. The standard InChI is InChI=1S/C46H72NO10P/c1-3-5-7-9-11-13-15-17-19-21-23-25-27-29-31-33-35-37-44(48)54-39-42(40-55-58(52,53)56-41-43(47)46(50)51)57-45(49)38-36-34-32-30-28-26-24-22-20-18-16-14-12-10-8-6-4-2/h5,7-8,10-11,13-14,16-17,19-20,22-23,25-26,28-29,31,42-43H,3-4,6,9,12,15,18,21,24,27,30,32-41,47H2,1-2H3,(H,50,51)(H,52,53)/b7-5+,10-8+,13-11+,16-14+,19-17+,22-20+,25-23+,28-26+,31-29+/t42-,43+/m1/s1. The van der Waals surface area contributed by atoms with Crippen LogP contribution in [0.4, 0.5) is 0 Å². The minimum absolute atomic E-state index is 0.104. The highest BCUT2D eigenvalue weighted by atomic mass is 31.2. The van der Waals surface area contributed by atoms with Gasteiger partial charge in [-0.1, -0.05) is 136 Å².